The molecule has 1 fully saturated rings. The first kappa shape index (κ1) is 15.1. The number of anilines is 2. The van der Waals surface area contributed by atoms with Gasteiger partial charge in [0, 0.05) is 13.1 Å². The molecule has 1 aliphatic heterocycles. The molecule has 1 aliphatic rings. The van der Waals surface area contributed by atoms with Gasteiger partial charge in [0.1, 0.15) is 0 Å². The molecule has 0 bridgehead atoms. The maximum Gasteiger partial charge on any atom is 0.240 e. The zero-order chi connectivity index (χ0) is 14.6. The smallest absolute Gasteiger partial charge is 0.240 e. The largest absolute Gasteiger partial charge is 0.397 e. The summed E-state index contributed by atoms with van der Waals surface area (Å²) in [5.41, 5.74) is 7.10. The van der Waals surface area contributed by atoms with E-state index in [9.17, 15) is 8.42 Å². The van der Waals surface area contributed by atoms with Crippen LogP contribution in [-0.4, -0.2) is 46.5 Å². The van der Waals surface area contributed by atoms with E-state index in [1.165, 1.54) is 26.0 Å². The van der Waals surface area contributed by atoms with E-state index in [1.807, 2.05) is 0 Å². The van der Waals surface area contributed by atoms with Gasteiger partial charge in [-0.25, -0.2) is 13.1 Å². The third-order valence-electron chi connectivity index (χ3n) is 3.55. The molecule has 1 heterocycles. The zero-order valence-electron chi connectivity index (χ0n) is 11.7. The standard InChI is InChI=1S/C13H22N4O2S/c1-15-20(18,19)11-4-5-12(14)13(10-11)16-6-9-17-7-2-3-8-17/h4-5,10,15-16H,2-3,6-9,14H2,1H3. The maximum atomic E-state index is 11.8. The van der Waals surface area contributed by atoms with E-state index in [0.717, 1.165) is 26.2 Å². The van der Waals surface area contributed by atoms with Crippen molar-refractivity contribution in [3.05, 3.63) is 18.2 Å². The van der Waals surface area contributed by atoms with Crippen molar-refractivity contribution in [3.63, 3.8) is 0 Å². The molecule has 1 aromatic carbocycles. The maximum absolute atomic E-state index is 11.8. The third kappa shape index (κ3) is 3.62. The molecule has 0 radical (unpaired) electrons. The van der Waals surface area contributed by atoms with Crippen molar-refractivity contribution in [2.45, 2.75) is 17.7 Å². The predicted octanol–water partition coefficient (Wildman–Crippen LogP) is 0.685. The van der Waals surface area contributed by atoms with Crippen LogP contribution in [0, 0.1) is 0 Å². The Morgan fingerprint density at radius 3 is 2.65 bits per heavy atom. The second-order valence-electron chi connectivity index (χ2n) is 4.93. The minimum absolute atomic E-state index is 0.220. The summed E-state index contributed by atoms with van der Waals surface area (Å²) in [6, 6.07) is 4.69. The second-order valence-corrected chi connectivity index (χ2v) is 6.82. The summed E-state index contributed by atoms with van der Waals surface area (Å²) in [5, 5.41) is 3.22. The molecule has 2 rings (SSSR count). The zero-order valence-corrected chi connectivity index (χ0v) is 12.5. The summed E-state index contributed by atoms with van der Waals surface area (Å²) in [5.74, 6) is 0. The molecule has 1 saturated heterocycles. The highest BCUT2D eigenvalue weighted by atomic mass is 32.2. The highest BCUT2D eigenvalue weighted by molar-refractivity contribution is 7.89. The highest BCUT2D eigenvalue weighted by Gasteiger charge is 2.14. The number of nitrogens with two attached hydrogens (primary N) is 1. The summed E-state index contributed by atoms with van der Waals surface area (Å²) in [4.78, 5) is 2.61. The fourth-order valence-electron chi connectivity index (χ4n) is 2.33. The van der Waals surface area contributed by atoms with Crippen LogP contribution < -0.4 is 15.8 Å². The molecule has 0 amide bonds. The van der Waals surface area contributed by atoms with E-state index in [4.69, 9.17) is 5.73 Å². The molecule has 0 saturated carbocycles. The lowest BCUT2D eigenvalue weighted by Gasteiger charge is -2.16. The average Bonchev–Trinajstić information content (AvgIpc) is 2.94. The number of nitrogens with one attached hydrogen (secondary N) is 2. The molecule has 1 aromatic rings. The van der Waals surface area contributed by atoms with Crippen LogP contribution in [0.25, 0.3) is 0 Å². The minimum atomic E-state index is -3.43. The Kier molecular flexibility index (Phi) is 4.85. The molecule has 20 heavy (non-hydrogen) atoms. The summed E-state index contributed by atoms with van der Waals surface area (Å²) >= 11 is 0. The Balaban J connectivity index is 2.01. The summed E-state index contributed by atoms with van der Waals surface area (Å²) in [6.07, 6.45) is 2.52. The predicted molar refractivity (Wildman–Crippen MR) is 81.3 cm³/mol. The van der Waals surface area contributed by atoms with E-state index in [-0.39, 0.29) is 4.90 Å². The number of benzene rings is 1. The Labute approximate surface area is 120 Å². The van der Waals surface area contributed by atoms with Crippen molar-refractivity contribution in [2.24, 2.45) is 0 Å². The fourth-order valence-corrected chi connectivity index (χ4v) is 3.08. The number of nitrogen functional groups attached to an aromatic ring is 1. The molecule has 0 unspecified atom stereocenters. The quantitative estimate of drug-likeness (QED) is 0.672. The van der Waals surface area contributed by atoms with Gasteiger partial charge in [0.05, 0.1) is 16.3 Å². The minimum Gasteiger partial charge on any atom is -0.397 e. The van der Waals surface area contributed by atoms with Gasteiger partial charge in [-0.3, -0.25) is 0 Å². The molecule has 112 valence electrons. The molecule has 4 N–H and O–H groups in total. The fraction of sp³-hybridized carbons (Fsp3) is 0.538. The monoisotopic (exact) mass is 298 g/mol. The van der Waals surface area contributed by atoms with E-state index in [2.05, 4.69) is 14.9 Å². The highest BCUT2D eigenvalue weighted by Crippen LogP contribution is 2.22. The third-order valence-corrected chi connectivity index (χ3v) is 4.96. The van der Waals surface area contributed by atoms with Crippen molar-refractivity contribution in [1.82, 2.24) is 9.62 Å². The van der Waals surface area contributed by atoms with Crippen molar-refractivity contribution in [2.75, 3.05) is 44.3 Å². The molecular formula is C13H22N4O2S. The van der Waals surface area contributed by atoms with Crippen LogP contribution in [0.3, 0.4) is 0 Å². The first-order chi connectivity index (χ1) is 9.53. The van der Waals surface area contributed by atoms with E-state index < -0.39 is 10.0 Å². The topological polar surface area (TPSA) is 87.5 Å². The lowest BCUT2D eigenvalue weighted by Crippen LogP contribution is -2.26. The van der Waals surface area contributed by atoms with Gasteiger partial charge in [0.25, 0.3) is 0 Å². The van der Waals surface area contributed by atoms with Gasteiger partial charge in [0.2, 0.25) is 10.0 Å². The van der Waals surface area contributed by atoms with Gasteiger partial charge in [-0.1, -0.05) is 0 Å². The van der Waals surface area contributed by atoms with Gasteiger partial charge >= 0.3 is 0 Å². The number of sulfonamides is 1. The van der Waals surface area contributed by atoms with Gasteiger partial charge in [-0.05, 0) is 51.2 Å². The van der Waals surface area contributed by atoms with Crippen molar-refractivity contribution in [1.29, 1.82) is 0 Å². The van der Waals surface area contributed by atoms with Gasteiger partial charge in [-0.2, -0.15) is 0 Å². The van der Waals surface area contributed by atoms with Crippen molar-refractivity contribution >= 4 is 21.4 Å². The Bertz CT molecular complexity index is 553. The van der Waals surface area contributed by atoms with Crippen LogP contribution in [0.4, 0.5) is 11.4 Å². The summed E-state index contributed by atoms with van der Waals surface area (Å²) in [6.45, 7) is 3.99. The van der Waals surface area contributed by atoms with E-state index in [0.29, 0.717) is 11.4 Å². The first-order valence-electron chi connectivity index (χ1n) is 6.82. The van der Waals surface area contributed by atoms with Crippen molar-refractivity contribution in [3.8, 4) is 0 Å². The Morgan fingerprint density at radius 1 is 1.30 bits per heavy atom. The molecular weight excluding hydrogens is 276 g/mol. The number of hydrogen-bond acceptors (Lipinski definition) is 5. The van der Waals surface area contributed by atoms with Crippen LogP contribution in [0.5, 0.6) is 0 Å². The number of likely N-dealkylation sites (tertiary alicyclic amines) is 1. The average molecular weight is 298 g/mol. The van der Waals surface area contributed by atoms with Crippen LogP contribution >= 0.6 is 0 Å². The molecule has 0 atom stereocenters. The molecule has 6 nitrogen and oxygen atoms in total. The van der Waals surface area contributed by atoms with E-state index >= 15 is 0 Å². The van der Waals surface area contributed by atoms with Crippen molar-refractivity contribution < 1.29 is 8.42 Å². The molecule has 7 heteroatoms. The number of hydrogen-bond donors (Lipinski definition) is 3. The number of rotatable bonds is 6. The lowest BCUT2D eigenvalue weighted by atomic mass is 10.2. The molecule has 0 aromatic heterocycles. The summed E-state index contributed by atoms with van der Waals surface area (Å²) < 4.78 is 25.8. The molecule has 0 aliphatic carbocycles. The summed E-state index contributed by atoms with van der Waals surface area (Å²) in [7, 11) is -2.04. The van der Waals surface area contributed by atoms with Gasteiger partial charge in [0.15, 0.2) is 0 Å². The van der Waals surface area contributed by atoms with E-state index in [1.54, 1.807) is 12.1 Å². The molecule has 0 spiro atoms. The van der Waals surface area contributed by atoms with Crippen LogP contribution in [-0.2, 0) is 10.0 Å². The van der Waals surface area contributed by atoms with Crippen LogP contribution in [0.2, 0.25) is 0 Å². The normalized spacial score (nSPS) is 16.4. The van der Waals surface area contributed by atoms with Crippen LogP contribution in [0.15, 0.2) is 23.1 Å². The Morgan fingerprint density at radius 2 is 2.00 bits per heavy atom. The second kappa shape index (κ2) is 6.43. The SMILES string of the molecule is CNS(=O)(=O)c1ccc(N)c(NCCN2CCCC2)c1. The lowest BCUT2D eigenvalue weighted by molar-refractivity contribution is 0.353. The van der Waals surface area contributed by atoms with Gasteiger partial charge < -0.3 is 16.0 Å². The first-order valence-corrected chi connectivity index (χ1v) is 8.30. The number of nitrogens with zero attached hydrogens (tertiary/aromatic N) is 1. The van der Waals surface area contributed by atoms with Gasteiger partial charge in [-0.15, -0.1) is 0 Å². The Hall–Kier alpha value is -1.31. The van der Waals surface area contributed by atoms with Crippen LogP contribution in [0.1, 0.15) is 12.8 Å².